The maximum absolute atomic E-state index is 11.3. The van der Waals surface area contributed by atoms with Gasteiger partial charge in [0, 0.05) is 18.0 Å². The third-order valence-corrected chi connectivity index (χ3v) is 5.03. The van der Waals surface area contributed by atoms with E-state index in [0.717, 1.165) is 54.7 Å². The Bertz CT molecular complexity index is 475. The minimum absolute atomic E-state index is 0.409. The van der Waals surface area contributed by atoms with E-state index in [4.69, 9.17) is 0 Å². The number of nitrogens with zero attached hydrogens (tertiary/aromatic N) is 2. The second-order valence-electron chi connectivity index (χ2n) is 5.47. The van der Waals surface area contributed by atoms with Crippen LogP contribution in [0, 0.1) is 0 Å². The Labute approximate surface area is 130 Å². The third-order valence-electron chi connectivity index (χ3n) is 3.94. The molecule has 1 atom stereocenters. The molecule has 0 saturated heterocycles. The summed E-state index contributed by atoms with van der Waals surface area (Å²) in [7, 11) is 0. The predicted molar refractivity (Wildman–Crippen MR) is 86.3 cm³/mol. The van der Waals surface area contributed by atoms with Crippen LogP contribution in [0.3, 0.4) is 0 Å². The van der Waals surface area contributed by atoms with Crippen molar-refractivity contribution in [3.8, 4) is 0 Å². The number of aromatic nitrogens is 1. The number of fused-ring (bicyclic) bond motifs is 1. The molecule has 21 heavy (non-hydrogen) atoms. The summed E-state index contributed by atoms with van der Waals surface area (Å²) in [6.45, 7) is 8.40. The van der Waals surface area contributed by atoms with Gasteiger partial charge in [-0.15, -0.1) is 11.3 Å². The number of carbonyl (C=O) groups is 1. The second kappa shape index (κ2) is 7.75. The molecule has 0 fully saturated rings. The monoisotopic (exact) mass is 311 g/mol. The Hall–Kier alpha value is -1.14. The number of hydrogen-bond donors (Lipinski definition) is 2. The first-order valence-electron chi connectivity index (χ1n) is 7.84. The fraction of sp³-hybridized carbons (Fsp3) is 0.733. The molecule has 1 heterocycles. The summed E-state index contributed by atoms with van der Waals surface area (Å²) < 4.78 is 0. The number of aliphatic carboxylic acids is 1. The van der Waals surface area contributed by atoms with E-state index in [9.17, 15) is 9.90 Å². The van der Waals surface area contributed by atoms with Crippen molar-refractivity contribution in [1.29, 1.82) is 0 Å². The summed E-state index contributed by atoms with van der Waals surface area (Å²) in [5.41, 5.74) is 0.794. The summed E-state index contributed by atoms with van der Waals surface area (Å²) in [5, 5.41) is 13.5. The Kier molecular flexibility index (Phi) is 5.99. The van der Waals surface area contributed by atoms with Crippen molar-refractivity contribution in [2.75, 3.05) is 31.5 Å². The van der Waals surface area contributed by atoms with Gasteiger partial charge in [0.05, 0.1) is 5.69 Å². The van der Waals surface area contributed by atoms with Crippen LogP contribution in [0.1, 0.15) is 49.6 Å². The summed E-state index contributed by atoms with van der Waals surface area (Å²) in [6, 6.07) is 0. The van der Waals surface area contributed by atoms with E-state index in [0.29, 0.717) is 6.42 Å². The Morgan fingerprint density at radius 2 is 2.29 bits per heavy atom. The van der Waals surface area contributed by atoms with E-state index in [-0.39, 0.29) is 0 Å². The molecule has 1 aliphatic carbocycles. The molecule has 2 N–H and O–H groups in total. The molecule has 0 aliphatic heterocycles. The van der Waals surface area contributed by atoms with Gasteiger partial charge < -0.3 is 15.3 Å². The van der Waals surface area contributed by atoms with Gasteiger partial charge >= 0.3 is 5.97 Å². The van der Waals surface area contributed by atoms with Gasteiger partial charge in [0.2, 0.25) is 0 Å². The third kappa shape index (κ3) is 4.17. The largest absolute Gasteiger partial charge is 0.481 e. The molecule has 0 saturated carbocycles. The van der Waals surface area contributed by atoms with Gasteiger partial charge in [-0.05, 0) is 38.8 Å². The minimum atomic E-state index is -0.743. The molecular weight excluding hydrogens is 286 g/mol. The molecule has 0 bridgehead atoms. The zero-order chi connectivity index (χ0) is 15.2. The highest BCUT2D eigenvalue weighted by Crippen LogP contribution is 2.36. The van der Waals surface area contributed by atoms with Gasteiger partial charge in [0.25, 0.3) is 0 Å². The van der Waals surface area contributed by atoms with E-state index >= 15 is 0 Å². The molecule has 0 radical (unpaired) electrons. The maximum Gasteiger partial charge on any atom is 0.312 e. The van der Waals surface area contributed by atoms with Crippen molar-refractivity contribution in [1.82, 2.24) is 9.88 Å². The first kappa shape index (κ1) is 16.2. The van der Waals surface area contributed by atoms with Crippen molar-refractivity contribution in [3.63, 3.8) is 0 Å². The number of thiazole rings is 1. The first-order chi connectivity index (χ1) is 10.2. The van der Waals surface area contributed by atoms with E-state index in [1.165, 1.54) is 6.42 Å². The van der Waals surface area contributed by atoms with Gasteiger partial charge in [-0.1, -0.05) is 13.8 Å². The van der Waals surface area contributed by atoms with Crippen LogP contribution in [0.5, 0.6) is 0 Å². The lowest BCUT2D eigenvalue weighted by atomic mass is 9.91. The first-order valence-corrected chi connectivity index (χ1v) is 8.66. The predicted octanol–water partition coefficient (Wildman–Crippen LogP) is 2.79. The molecular formula is C15H25N3O2S. The Morgan fingerprint density at radius 3 is 2.95 bits per heavy atom. The Balaban J connectivity index is 1.92. The maximum atomic E-state index is 11.3. The van der Waals surface area contributed by atoms with Crippen LogP contribution in [0.2, 0.25) is 0 Å². The van der Waals surface area contributed by atoms with Crippen molar-refractivity contribution < 1.29 is 9.90 Å². The quantitative estimate of drug-likeness (QED) is 0.773. The lowest BCUT2D eigenvalue weighted by molar-refractivity contribution is -0.139. The number of hydrogen-bond acceptors (Lipinski definition) is 5. The number of anilines is 1. The van der Waals surface area contributed by atoms with Gasteiger partial charge in [-0.25, -0.2) is 4.98 Å². The number of aryl methyl sites for hydroxylation is 1. The molecule has 6 heteroatoms. The average molecular weight is 311 g/mol. The number of carboxylic acid groups (broad SMARTS) is 1. The van der Waals surface area contributed by atoms with Gasteiger partial charge in [0.1, 0.15) is 5.92 Å². The molecule has 0 aromatic carbocycles. The zero-order valence-corrected chi connectivity index (χ0v) is 13.7. The zero-order valence-electron chi connectivity index (χ0n) is 12.9. The van der Waals surface area contributed by atoms with Crippen LogP contribution < -0.4 is 5.32 Å². The van der Waals surface area contributed by atoms with Gasteiger partial charge in [-0.2, -0.15) is 0 Å². The van der Waals surface area contributed by atoms with Crippen molar-refractivity contribution >= 4 is 22.4 Å². The van der Waals surface area contributed by atoms with Crippen molar-refractivity contribution in [2.24, 2.45) is 0 Å². The van der Waals surface area contributed by atoms with Gasteiger partial charge in [0.15, 0.2) is 5.13 Å². The Morgan fingerprint density at radius 1 is 1.48 bits per heavy atom. The number of nitrogens with one attached hydrogen (secondary N) is 1. The van der Waals surface area contributed by atoms with Crippen LogP contribution in [0.25, 0.3) is 0 Å². The van der Waals surface area contributed by atoms with Gasteiger partial charge in [-0.3, -0.25) is 4.79 Å². The van der Waals surface area contributed by atoms with Crippen molar-refractivity contribution in [2.45, 2.75) is 45.4 Å². The number of likely N-dealkylation sites (N-methyl/N-ethyl adjacent to an activating group) is 1. The molecule has 118 valence electrons. The molecule has 0 amide bonds. The van der Waals surface area contributed by atoms with E-state index in [2.05, 4.69) is 29.0 Å². The summed E-state index contributed by atoms with van der Waals surface area (Å²) in [5.74, 6) is -1.15. The molecule has 2 rings (SSSR count). The van der Waals surface area contributed by atoms with Crippen LogP contribution in [-0.4, -0.2) is 47.1 Å². The summed E-state index contributed by atoms with van der Waals surface area (Å²) in [6.07, 6.45) is 3.80. The standard InChI is InChI=1S/C15H25N3O2S/c1-3-9-18(4-2)10-8-16-15-17-13-11(14(19)20)6-5-7-12(13)21-15/h11H,3-10H2,1-2H3,(H,16,17)(H,19,20). The summed E-state index contributed by atoms with van der Waals surface area (Å²) >= 11 is 1.63. The number of rotatable bonds is 8. The molecule has 1 aromatic heterocycles. The highest BCUT2D eigenvalue weighted by Gasteiger charge is 2.29. The van der Waals surface area contributed by atoms with Crippen LogP contribution >= 0.6 is 11.3 Å². The smallest absolute Gasteiger partial charge is 0.312 e. The fourth-order valence-corrected chi connectivity index (χ4v) is 3.89. The minimum Gasteiger partial charge on any atom is -0.481 e. The lowest BCUT2D eigenvalue weighted by Crippen LogP contribution is -2.29. The molecule has 5 nitrogen and oxygen atoms in total. The van der Waals surface area contributed by atoms with Crippen LogP contribution in [0.15, 0.2) is 0 Å². The van der Waals surface area contributed by atoms with Crippen LogP contribution in [0.4, 0.5) is 5.13 Å². The van der Waals surface area contributed by atoms with E-state index in [1.807, 2.05) is 0 Å². The highest BCUT2D eigenvalue weighted by atomic mass is 32.1. The highest BCUT2D eigenvalue weighted by molar-refractivity contribution is 7.15. The van der Waals surface area contributed by atoms with E-state index < -0.39 is 11.9 Å². The lowest BCUT2D eigenvalue weighted by Gasteiger charge is -2.19. The second-order valence-corrected chi connectivity index (χ2v) is 6.56. The molecule has 1 unspecified atom stereocenters. The van der Waals surface area contributed by atoms with E-state index in [1.54, 1.807) is 11.3 Å². The molecule has 1 aliphatic rings. The number of carboxylic acids is 1. The average Bonchev–Trinajstić information content (AvgIpc) is 2.88. The molecule has 1 aromatic rings. The topological polar surface area (TPSA) is 65.5 Å². The van der Waals surface area contributed by atoms with Crippen LogP contribution in [-0.2, 0) is 11.2 Å². The fourth-order valence-electron chi connectivity index (χ4n) is 2.80. The molecule has 0 spiro atoms. The SMILES string of the molecule is CCCN(CC)CCNc1nc2c(s1)CCCC2C(=O)O. The van der Waals surface area contributed by atoms with Crippen molar-refractivity contribution in [3.05, 3.63) is 10.6 Å². The normalized spacial score (nSPS) is 17.8. The summed E-state index contributed by atoms with van der Waals surface area (Å²) in [4.78, 5) is 19.4.